The van der Waals surface area contributed by atoms with E-state index in [-0.39, 0.29) is 6.10 Å². The van der Waals surface area contributed by atoms with Gasteiger partial charge in [-0.25, -0.2) is 0 Å². The van der Waals surface area contributed by atoms with Crippen LogP contribution in [0.15, 0.2) is 0 Å². The molecule has 0 bridgehead atoms. The van der Waals surface area contributed by atoms with Crippen molar-refractivity contribution in [2.24, 2.45) is 40.9 Å². The van der Waals surface area contributed by atoms with Crippen LogP contribution in [-0.2, 0) is 0 Å². The second kappa shape index (κ2) is 6.75. The Kier molecular flexibility index (Phi) is 5.07. The predicted molar refractivity (Wildman–Crippen MR) is 93.6 cm³/mol. The van der Waals surface area contributed by atoms with E-state index in [1.54, 1.807) is 0 Å². The summed E-state index contributed by atoms with van der Waals surface area (Å²) in [5, 5.41) is 19.5. The summed E-state index contributed by atoms with van der Waals surface area (Å²) in [5.74, 6) is 4.58. The van der Waals surface area contributed by atoms with E-state index in [4.69, 9.17) is 0 Å². The molecule has 0 unspecified atom stereocenters. The molecule has 8 atom stereocenters. The minimum atomic E-state index is -0.0221. The first-order valence-electron chi connectivity index (χ1n) is 10.2. The van der Waals surface area contributed by atoms with Gasteiger partial charge in [0.25, 0.3) is 0 Å². The second-order valence-electron chi connectivity index (χ2n) is 8.79. The van der Waals surface area contributed by atoms with Crippen LogP contribution in [0.2, 0.25) is 0 Å². The molecule has 2 nitrogen and oxygen atoms in total. The fourth-order valence-electron chi connectivity index (χ4n) is 6.87. The van der Waals surface area contributed by atoms with Crippen LogP contribution in [0, 0.1) is 52.3 Å². The Morgan fingerprint density at radius 1 is 0.913 bits per heavy atom. The van der Waals surface area contributed by atoms with Crippen LogP contribution in [0.1, 0.15) is 78.6 Å². The van der Waals surface area contributed by atoms with Crippen molar-refractivity contribution in [1.29, 1.82) is 5.26 Å². The van der Waals surface area contributed by atoms with Crippen molar-refractivity contribution >= 4 is 0 Å². The zero-order valence-corrected chi connectivity index (χ0v) is 15.3. The quantitative estimate of drug-likeness (QED) is 0.670. The normalized spacial score (nSPS) is 51.3. The smallest absolute Gasteiger partial charge is 0.0661 e. The largest absolute Gasteiger partial charge is 0.393 e. The fourth-order valence-corrected chi connectivity index (χ4v) is 6.87. The molecule has 0 heterocycles. The minimum absolute atomic E-state index is 0.0221. The molecule has 2 heteroatoms. The van der Waals surface area contributed by atoms with Gasteiger partial charge in [0.1, 0.15) is 0 Å². The Morgan fingerprint density at radius 3 is 2.43 bits per heavy atom. The second-order valence-corrected chi connectivity index (χ2v) is 8.79. The molecule has 4 aliphatic carbocycles. The van der Waals surface area contributed by atoms with E-state index in [2.05, 4.69) is 13.0 Å². The number of aliphatic hydroxyl groups excluding tert-OH is 1. The maximum absolute atomic E-state index is 9.97. The van der Waals surface area contributed by atoms with Crippen LogP contribution in [0.4, 0.5) is 0 Å². The number of nitriles is 1. The molecule has 130 valence electrons. The maximum atomic E-state index is 9.97. The molecule has 4 aliphatic rings. The number of rotatable bonds is 0. The first kappa shape index (κ1) is 17.3. The molecule has 0 aliphatic heterocycles. The van der Waals surface area contributed by atoms with E-state index in [9.17, 15) is 10.4 Å². The summed E-state index contributed by atoms with van der Waals surface area (Å²) in [6.07, 6.45) is 11.2. The number of aliphatic hydroxyl groups is 1. The number of hydrogen-bond acceptors (Lipinski definition) is 2. The SMILES string of the molecule is CC.C[C@]12CC[C@@H]3C[C@@H]4C[C@@H](O)CC[C@H]4C[C@H]3[C@@H]1CC[C@@H]2C#N. The predicted octanol–water partition coefficient (Wildman–Crippen LogP) is 5.17. The lowest BCUT2D eigenvalue weighted by Crippen LogP contribution is -2.47. The molecule has 0 aromatic carbocycles. The van der Waals surface area contributed by atoms with Crippen molar-refractivity contribution in [2.75, 3.05) is 0 Å². The van der Waals surface area contributed by atoms with Gasteiger partial charge in [0.15, 0.2) is 0 Å². The Morgan fingerprint density at radius 2 is 1.70 bits per heavy atom. The Bertz CT molecular complexity index is 455. The molecule has 0 amide bonds. The Hall–Kier alpha value is -0.550. The lowest BCUT2D eigenvalue weighted by molar-refractivity contribution is -0.0567. The zero-order valence-electron chi connectivity index (χ0n) is 15.3. The van der Waals surface area contributed by atoms with Crippen LogP contribution >= 0.6 is 0 Å². The first-order valence-corrected chi connectivity index (χ1v) is 10.2. The van der Waals surface area contributed by atoms with Gasteiger partial charge in [-0.05, 0) is 92.8 Å². The summed E-state index contributed by atoms with van der Waals surface area (Å²) in [4.78, 5) is 0. The summed E-state index contributed by atoms with van der Waals surface area (Å²) in [7, 11) is 0. The van der Waals surface area contributed by atoms with Crippen molar-refractivity contribution in [2.45, 2.75) is 84.7 Å². The van der Waals surface area contributed by atoms with Crippen molar-refractivity contribution in [1.82, 2.24) is 0 Å². The van der Waals surface area contributed by atoms with Crippen molar-refractivity contribution < 1.29 is 5.11 Å². The highest BCUT2D eigenvalue weighted by Gasteiger charge is 2.56. The van der Waals surface area contributed by atoms with Gasteiger partial charge >= 0.3 is 0 Å². The van der Waals surface area contributed by atoms with Gasteiger partial charge in [0.2, 0.25) is 0 Å². The van der Waals surface area contributed by atoms with Crippen LogP contribution in [0.5, 0.6) is 0 Å². The van der Waals surface area contributed by atoms with Crippen LogP contribution in [-0.4, -0.2) is 11.2 Å². The van der Waals surface area contributed by atoms with Gasteiger partial charge in [0, 0.05) is 0 Å². The maximum Gasteiger partial charge on any atom is 0.0661 e. The van der Waals surface area contributed by atoms with Gasteiger partial charge in [-0.15, -0.1) is 0 Å². The molecule has 0 aromatic heterocycles. The number of fused-ring (bicyclic) bond motifs is 4. The highest BCUT2D eigenvalue weighted by atomic mass is 16.3. The highest BCUT2D eigenvalue weighted by Crippen LogP contribution is 2.63. The van der Waals surface area contributed by atoms with Crippen LogP contribution in [0.3, 0.4) is 0 Å². The molecule has 4 fully saturated rings. The molecule has 0 radical (unpaired) electrons. The fraction of sp³-hybridized carbons (Fsp3) is 0.952. The Labute approximate surface area is 142 Å². The van der Waals surface area contributed by atoms with Gasteiger partial charge in [-0.1, -0.05) is 20.8 Å². The third-order valence-electron chi connectivity index (χ3n) is 8.03. The first-order chi connectivity index (χ1) is 11.1. The van der Waals surface area contributed by atoms with E-state index in [1.807, 2.05) is 13.8 Å². The molecule has 0 saturated heterocycles. The van der Waals surface area contributed by atoms with Gasteiger partial charge in [0.05, 0.1) is 18.1 Å². The third kappa shape index (κ3) is 2.84. The van der Waals surface area contributed by atoms with E-state index < -0.39 is 0 Å². The highest BCUT2D eigenvalue weighted by molar-refractivity contribution is 5.10. The Balaban J connectivity index is 0.000000753. The van der Waals surface area contributed by atoms with Gasteiger partial charge < -0.3 is 5.11 Å². The summed E-state index contributed by atoms with van der Waals surface area (Å²) >= 11 is 0. The summed E-state index contributed by atoms with van der Waals surface area (Å²) in [6, 6.07) is 2.63. The topological polar surface area (TPSA) is 44.0 Å². The van der Waals surface area contributed by atoms with E-state index in [0.29, 0.717) is 11.3 Å². The molecular formula is C21H35NO. The zero-order chi connectivity index (χ0) is 16.6. The van der Waals surface area contributed by atoms with Crippen LogP contribution in [0.25, 0.3) is 0 Å². The molecule has 0 aromatic rings. The van der Waals surface area contributed by atoms with Crippen LogP contribution < -0.4 is 0 Å². The molecule has 4 saturated carbocycles. The average molecular weight is 318 g/mol. The molecule has 23 heavy (non-hydrogen) atoms. The lowest BCUT2D eigenvalue weighted by Gasteiger charge is -2.54. The standard InChI is InChI=1S/C19H29NO.C2H6/c1-19-7-6-13-8-14-9-16(21)4-2-12(14)10-17(13)18(19)5-3-15(19)11-20;1-2/h12-18,21H,2-10H2,1H3;1-2H3/t12-,13+,14+,15+,16-,17+,18-,19+;/m0./s1. The number of hydrogen-bond donors (Lipinski definition) is 1. The van der Waals surface area contributed by atoms with Gasteiger partial charge in [-0.3, -0.25) is 0 Å². The number of nitrogens with zero attached hydrogens (tertiary/aromatic N) is 1. The molecular weight excluding hydrogens is 282 g/mol. The summed E-state index contributed by atoms with van der Waals surface area (Å²) in [5.41, 5.74) is 0.316. The van der Waals surface area contributed by atoms with Crippen molar-refractivity contribution in [3.63, 3.8) is 0 Å². The van der Waals surface area contributed by atoms with E-state index >= 15 is 0 Å². The van der Waals surface area contributed by atoms with Crippen molar-refractivity contribution in [3.8, 4) is 6.07 Å². The van der Waals surface area contributed by atoms with E-state index in [0.717, 1.165) is 48.9 Å². The van der Waals surface area contributed by atoms with E-state index in [1.165, 1.54) is 38.5 Å². The van der Waals surface area contributed by atoms with Gasteiger partial charge in [-0.2, -0.15) is 5.26 Å². The lowest BCUT2D eigenvalue weighted by atomic mass is 9.51. The summed E-state index contributed by atoms with van der Waals surface area (Å²) in [6.45, 7) is 6.42. The minimum Gasteiger partial charge on any atom is -0.393 e. The third-order valence-corrected chi connectivity index (χ3v) is 8.03. The monoisotopic (exact) mass is 317 g/mol. The summed E-state index contributed by atoms with van der Waals surface area (Å²) < 4.78 is 0. The average Bonchev–Trinajstić information content (AvgIpc) is 2.92. The molecule has 1 N–H and O–H groups in total. The van der Waals surface area contributed by atoms with Crippen molar-refractivity contribution in [3.05, 3.63) is 0 Å². The molecule has 0 spiro atoms. The molecule has 4 rings (SSSR count).